The minimum Gasteiger partial charge on any atom is -0.349 e. The molecule has 1 heterocycles. The number of aryl methyl sites for hydroxylation is 1. The number of hydrogen-bond donors (Lipinski definition) is 2. The Morgan fingerprint density at radius 1 is 1.32 bits per heavy atom. The van der Waals surface area contributed by atoms with Crippen molar-refractivity contribution in [3.05, 3.63) is 40.9 Å². The molecule has 0 bridgehead atoms. The fraction of sp³-hybridized carbons (Fsp3) is 0.375. The van der Waals surface area contributed by atoms with Gasteiger partial charge in [-0.15, -0.1) is 23.7 Å². The SMILES string of the molecule is CNCCC(=O)NC(C)c1sc(-c2ccccc2)nc1C.Cl. The molecular formula is C16H22ClN3OS. The van der Waals surface area contributed by atoms with E-state index in [1.54, 1.807) is 11.3 Å². The van der Waals surface area contributed by atoms with Gasteiger partial charge in [-0.05, 0) is 20.9 Å². The van der Waals surface area contributed by atoms with Crippen LogP contribution in [0.4, 0.5) is 0 Å². The van der Waals surface area contributed by atoms with E-state index in [1.807, 2.05) is 39.1 Å². The summed E-state index contributed by atoms with van der Waals surface area (Å²) in [6, 6.07) is 10.1. The van der Waals surface area contributed by atoms with Crippen LogP contribution in [0.25, 0.3) is 10.6 Å². The first kappa shape index (κ1) is 18.6. The number of carbonyl (C=O) groups is 1. The molecule has 0 aliphatic carbocycles. The van der Waals surface area contributed by atoms with Crippen molar-refractivity contribution in [2.75, 3.05) is 13.6 Å². The predicted octanol–water partition coefficient (Wildman–Crippen LogP) is 3.33. The minimum atomic E-state index is -0.00989. The zero-order valence-electron chi connectivity index (χ0n) is 13.1. The van der Waals surface area contributed by atoms with Crippen LogP contribution < -0.4 is 10.6 Å². The topological polar surface area (TPSA) is 54.0 Å². The molecule has 1 aromatic carbocycles. The Morgan fingerprint density at radius 2 is 2.00 bits per heavy atom. The van der Waals surface area contributed by atoms with E-state index in [9.17, 15) is 4.79 Å². The third-order valence-electron chi connectivity index (χ3n) is 3.23. The highest BCUT2D eigenvalue weighted by Crippen LogP contribution is 2.31. The molecule has 2 aromatic rings. The Labute approximate surface area is 141 Å². The molecular weight excluding hydrogens is 318 g/mol. The molecule has 1 atom stereocenters. The summed E-state index contributed by atoms with van der Waals surface area (Å²) < 4.78 is 0. The second-order valence-corrected chi connectivity index (χ2v) is 6.01. The van der Waals surface area contributed by atoms with E-state index >= 15 is 0 Å². The zero-order valence-corrected chi connectivity index (χ0v) is 14.7. The van der Waals surface area contributed by atoms with Crippen molar-refractivity contribution in [2.24, 2.45) is 0 Å². The quantitative estimate of drug-likeness (QED) is 0.848. The molecule has 4 nitrogen and oxygen atoms in total. The molecule has 1 unspecified atom stereocenters. The van der Waals surface area contributed by atoms with Gasteiger partial charge in [0.25, 0.3) is 0 Å². The first-order valence-electron chi connectivity index (χ1n) is 7.08. The highest BCUT2D eigenvalue weighted by Gasteiger charge is 2.16. The lowest BCUT2D eigenvalue weighted by Gasteiger charge is -2.12. The number of thiazole rings is 1. The first-order valence-corrected chi connectivity index (χ1v) is 7.90. The fourth-order valence-electron chi connectivity index (χ4n) is 2.13. The van der Waals surface area contributed by atoms with Gasteiger partial charge in [-0.2, -0.15) is 0 Å². The van der Waals surface area contributed by atoms with Gasteiger partial charge in [0, 0.05) is 18.5 Å². The number of nitrogens with one attached hydrogen (secondary N) is 2. The van der Waals surface area contributed by atoms with Crippen LogP contribution >= 0.6 is 23.7 Å². The number of carbonyl (C=O) groups excluding carboxylic acids is 1. The Morgan fingerprint density at radius 3 is 2.64 bits per heavy atom. The van der Waals surface area contributed by atoms with Crippen LogP contribution in [0.2, 0.25) is 0 Å². The maximum atomic E-state index is 11.8. The summed E-state index contributed by atoms with van der Waals surface area (Å²) in [5, 5.41) is 7.01. The number of amides is 1. The van der Waals surface area contributed by atoms with E-state index in [4.69, 9.17) is 0 Å². The van der Waals surface area contributed by atoms with Gasteiger partial charge in [-0.1, -0.05) is 30.3 Å². The first-order chi connectivity index (χ1) is 10.1. The van der Waals surface area contributed by atoms with Crippen molar-refractivity contribution < 1.29 is 4.79 Å². The average molecular weight is 340 g/mol. The van der Waals surface area contributed by atoms with E-state index in [0.29, 0.717) is 13.0 Å². The number of rotatable bonds is 6. The van der Waals surface area contributed by atoms with Crippen molar-refractivity contribution in [2.45, 2.75) is 26.3 Å². The maximum Gasteiger partial charge on any atom is 0.221 e. The predicted molar refractivity (Wildman–Crippen MR) is 94.6 cm³/mol. The molecule has 120 valence electrons. The summed E-state index contributed by atoms with van der Waals surface area (Å²) >= 11 is 1.65. The molecule has 0 fully saturated rings. The van der Waals surface area contributed by atoms with Crippen molar-refractivity contribution in [3.63, 3.8) is 0 Å². The minimum absolute atomic E-state index is 0. The molecule has 0 saturated heterocycles. The molecule has 2 rings (SSSR count). The van der Waals surface area contributed by atoms with Crippen LogP contribution in [0.5, 0.6) is 0 Å². The molecule has 22 heavy (non-hydrogen) atoms. The van der Waals surface area contributed by atoms with Crippen LogP contribution in [0.15, 0.2) is 30.3 Å². The second kappa shape index (κ2) is 8.88. The normalized spacial score (nSPS) is 11.6. The Kier molecular flexibility index (Phi) is 7.51. The van der Waals surface area contributed by atoms with E-state index in [2.05, 4.69) is 27.8 Å². The standard InChI is InChI=1S/C16H21N3OS.ClH/c1-11(18-14(20)9-10-17-3)15-12(2)19-16(21-15)13-7-5-4-6-8-13;/h4-8,11,17H,9-10H2,1-3H3,(H,18,20);1H. The van der Waals surface area contributed by atoms with Crippen LogP contribution in [-0.2, 0) is 4.79 Å². The lowest BCUT2D eigenvalue weighted by Crippen LogP contribution is -2.28. The van der Waals surface area contributed by atoms with Gasteiger partial charge in [0.2, 0.25) is 5.91 Å². The van der Waals surface area contributed by atoms with Gasteiger partial charge in [-0.3, -0.25) is 4.79 Å². The van der Waals surface area contributed by atoms with Gasteiger partial charge >= 0.3 is 0 Å². The van der Waals surface area contributed by atoms with Gasteiger partial charge in [0.05, 0.1) is 16.6 Å². The summed E-state index contributed by atoms with van der Waals surface area (Å²) in [6.07, 6.45) is 0.490. The van der Waals surface area contributed by atoms with Crippen LogP contribution in [0, 0.1) is 6.92 Å². The average Bonchev–Trinajstić information content (AvgIpc) is 2.88. The summed E-state index contributed by atoms with van der Waals surface area (Å²) in [4.78, 5) is 17.6. The molecule has 0 spiro atoms. The number of benzene rings is 1. The van der Waals surface area contributed by atoms with Gasteiger partial charge in [0.1, 0.15) is 5.01 Å². The van der Waals surface area contributed by atoms with Crippen molar-refractivity contribution in [3.8, 4) is 10.6 Å². The lowest BCUT2D eigenvalue weighted by atomic mass is 10.2. The molecule has 1 amide bonds. The van der Waals surface area contributed by atoms with Gasteiger partial charge < -0.3 is 10.6 Å². The summed E-state index contributed by atoms with van der Waals surface area (Å²) in [5.41, 5.74) is 2.10. The van der Waals surface area contributed by atoms with Gasteiger partial charge in [-0.25, -0.2) is 4.98 Å². The molecule has 0 aliphatic heterocycles. The fourth-order valence-corrected chi connectivity index (χ4v) is 3.21. The molecule has 1 aromatic heterocycles. The number of nitrogens with zero attached hydrogens (tertiary/aromatic N) is 1. The molecule has 2 N–H and O–H groups in total. The Balaban J connectivity index is 0.00000242. The molecule has 0 aliphatic rings. The third-order valence-corrected chi connectivity index (χ3v) is 4.62. The van der Waals surface area contributed by atoms with Crippen molar-refractivity contribution >= 4 is 29.7 Å². The highest BCUT2D eigenvalue weighted by atomic mass is 35.5. The zero-order chi connectivity index (χ0) is 15.2. The van der Waals surface area contributed by atoms with Crippen molar-refractivity contribution in [1.29, 1.82) is 0 Å². The monoisotopic (exact) mass is 339 g/mol. The Bertz CT molecular complexity index is 601. The summed E-state index contributed by atoms with van der Waals surface area (Å²) in [7, 11) is 1.84. The molecule has 0 saturated carbocycles. The summed E-state index contributed by atoms with van der Waals surface area (Å²) in [6.45, 7) is 4.69. The third kappa shape index (κ3) is 4.80. The summed E-state index contributed by atoms with van der Waals surface area (Å²) in [5.74, 6) is 0.0610. The van der Waals surface area contributed by atoms with E-state index in [-0.39, 0.29) is 24.4 Å². The van der Waals surface area contributed by atoms with E-state index in [1.165, 1.54) is 0 Å². The van der Waals surface area contributed by atoms with Crippen LogP contribution in [-0.4, -0.2) is 24.5 Å². The van der Waals surface area contributed by atoms with E-state index < -0.39 is 0 Å². The number of aromatic nitrogens is 1. The lowest BCUT2D eigenvalue weighted by molar-refractivity contribution is -0.121. The Hall–Kier alpha value is -1.43. The molecule has 6 heteroatoms. The van der Waals surface area contributed by atoms with Crippen LogP contribution in [0.1, 0.15) is 30.0 Å². The van der Waals surface area contributed by atoms with Gasteiger partial charge in [0.15, 0.2) is 0 Å². The number of hydrogen-bond acceptors (Lipinski definition) is 4. The second-order valence-electron chi connectivity index (χ2n) is 4.98. The largest absolute Gasteiger partial charge is 0.349 e. The smallest absolute Gasteiger partial charge is 0.221 e. The van der Waals surface area contributed by atoms with Crippen LogP contribution in [0.3, 0.4) is 0 Å². The van der Waals surface area contributed by atoms with E-state index in [0.717, 1.165) is 21.1 Å². The molecule has 0 radical (unpaired) electrons. The van der Waals surface area contributed by atoms with Crippen molar-refractivity contribution in [1.82, 2.24) is 15.6 Å². The maximum absolute atomic E-state index is 11.8. The highest BCUT2D eigenvalue weighted by molar-refractivity contribution is 7.15. The number of halogens is 1.